The van der Waals surface area contributed by atoms with Crippen LogP contribution in [0.4, 0.5) is 20.3 Å². The Kier molecular flexibility index (Phi) is 4.65. The lowest BCUT2D eigenvalue weighted by Gasteiger charge is -2.13. The summed E-state index contributed by atoms with van der Waals surface area (Å²) in [5.74, 6) is -2.13. The van der Waals surface area contributed by atoms with Crippen molar-refractivity contribution in [2.45, 2.75) is 32.7 Å². The highest BCUT2D eigenvalue weighted by molar-refractivity contribution is 5.87. The van der Waals surface area contributed by atoms with Crippen molar-refractivity contribution in [1.29, 1.82) is 0 Å². The summed E-state index contributed by atoms with van der Waals surface area (Å²) in [6.07, 6.45) is 6.36. The van der Waals surface area contributed by atoms with E-state index >= 15 is 0 Å². The van der Waals surface area contributed by atoms with Gasteiger partial charge in [-0.25, -0.2) is 15.0 Å². The van der Waals surface area contributed by atoms with Crippen LogP contribution in [0.1, 0.15) is 32.5 Å². The van der Waals surface area contributed by atoms with Crippen LogP contribution in [0.2, 0.25) is 0 Å². The fourth-order valence-corrected chi connectivity index (χ4v) is 2.90. The molecule has 0 unspecified atom stereocenters. The number of nitrogens with zero attached hydrogens (tertiary/aromatic N) is 6. The molecule has 9 heteroatoms. The third kappa shape index (κ3) is 3.75. The van der Waals surface area contributed by atoms with E-state index in [4.69, 9.17) is 0 Å². The highest BCUT2D eigenvalue weighted by atomic mass is 19.3. The maximum Gasteiger partial charge on any atom is 0.287 e. The molecule has 0 spiro atoms. The summed E-state index contributed by atoms with van der Waals surface area (Å²) in [7, 11) is 0. The molecule has 4 heterocycles. The third-order valence-corrected chi connectivity index (χ3v) is 4.39. The number of alkyl halides is 2. The number of hydrogen-bond donors (Lipinski definition) is 1. The SMILES string of the molecule is CC(C)n1cnc2c(Nc3ccnc(C(C)(F)F)c3)nc(-c3ccncc3)nc21. The van der Waals surface area contributed by atoms with Gasteiger partial charge in [0.1, 0.15) is 5.69 Å². The zero-order chi connectivity index (χ0) is 20.6. The molecule has 148 valence electrons. The maximum absolute atomic E-state index is 13.7. The Morgan fingerprint density at radius 2 is 1.79 bits per heavy atom. The summed E-state index contributed by atoms with van der Waals surface area (Å²) >= 11 is 0. The number of pyridine rings is 2. The van der Waals surface area contributed by atoms with Crippen molar-refractivity contribution in [2.75, 3.05) is 5.32 Å². The number of hydrogen-bond acceptors (Lipinski definition) is 6. The van der Waals surface area contributed by atoms with Gasteiger partial charge in [0.2, 0.25) is 0 Å². The molecule has 0 fully saturated rings. The summed E-state index contributed by atoms with van der Waals surface area (Å²) in [5, 5.41) is 3.11. The summed E-state index contributed by atoms with van der Waals surface area (Å²) < 4.78 is 29.3. The fraction of sp³-hybridized carbons (Fsp3) is 0.250. The van der Waals surface area contributed by atoms with Gasteiger partial charge in [0.05, 0.1) is 6.33 Å². The summed E-state index contributed by atoms with van der Waals surface area (Å²) in [5.41, 5.74) is 2.11. The second kappa shape index (κ2) is 7.16. The fourth-order valence-electron chi connectivity index (χ4n) is 2.90. The van der Waals surface area contributed by atoms with Crippen molar-refractivity contribution in [1.82, 2.24) is 29.5 Å². The number of rotatable bonds is 5. The first-order valence-electron chi connectivity index (χ1n) is 9.09. The van der Waals surface area contributed by atoms with Crippen LogP contribution in [-0.4, -0.2) is 29.5 Å². The van der Waals surface area contributed by atoms with Gasteiger partial charge in [-0.2, -0.15) is 8.78 Å². The highest BCUT2D eigenvalue weighted by Crippen LogP contribution is 2.30. The maximum atomic E-state index is 13.7. The van der Waals surface area contributed by atoms with Gasteiger partial charge in [0, 0.05) is 42.8 Å². The quantitative estimate of drug-likeness (QED) is 0.527. The van der Waals surface area contributed by atoms with Gasteiger partial charge in [-0.3, -0.25) is 9.97 Å². The monoisotopic (exact) mass is 395 g/mol. The minimum atomic E-state index is -3.04. The number of anilines is 2. The van der Waals surface area contributed by atoms with Gasteiger partial charge >= 0.3 is 0 Å². The van der Waals surface area contributed by atoms with Crippen molar-refractivity contribution >= 4 is 22.7 Å². The smallest absolute Gasteiger partial charge is 0.287 e. The Balaban J connectivity index is 1.85. The van der Waals surface area contributed by atoms with Crippen molar-refractivity contribution in [3.05, 3.63) is 54.9 Å². The molecule has 4 rings (SSSR count). The predicted molar refractivity (Wildman–Crippen MR) is 106 cm³/mol. The van der Waals surface area contributed by atoms with Crippen LogP contribution in [0.25, 0.3) is 22.6 Å². The topological polar surface area (TPSA) is 81.4 Å². The van der Waals surface area contributed by atoms with Gasteiger partial charge < -0.3 is 9.88 Å². The molecule has 0 aliphatic carbocycles. The summed E-state index contributed by atoms with van der Waals surface area (Å²) in [4.78, 5) is 21.5. The average molecular weight is 395 g/mol. The van der Waals surface area contributed by atoms with Crippen molar-refractivity contribution in [2.24, 2.45) is 0 Å². The number of aromatic nitrogens is 6. The van der Waals surface area contributed by atoms with Crippen molar-refractivity contribution in [3.63, 3.8) is 0 Å². The molecule has 0 aromatic carbocycles. The summed E-state index contributed by atoms with van der Waals surface area (Å²) in [6, 6.07) is 6.67. The Labute approximate surface area is 165 Å². The Bertz CT molecular complexity index is 1150. The molecule has 0 aliphatic heterocycles. The first-order chi connectivity index (χ1) is 13.8. The lowest BCUT2D eigenvalue weighted by molar-refractivity contribution is 0.0128. The first kappa shape index (κ1) is 18.9. The van der Waals surface area contributed by atoms with Gasteiger partial charge in [-0.15, -0.1) is 0 Å². The van der Waals surface area contributed by atoms with Crippen molar-refractivity contribution in [3.8, 4) is 11.4 Å². The molecule has 0 saturated carbocycles. The molecule has 0 amide bonds. The van der Waals surface area contributed by atoms with Crippen LogP contribution in [0.5, 0.6) is 0 Å². The molecule has 1 N–H and O–H groups in total. The van der Waals surface area contributed by atoms with Crippen LogP contribution in [0, 0.1) is 0 Å². The predicted octanol–water partition coefficient (Wildman–Crippen LogP) is 4.72. The van der Waals surface area contributed by atoms with E-state index in [9.17, 15) is 8.78 Å². The lowest BCUT2D eigenvalue weighted by atomic mass is 10.2. The Hall–Kier alpha value is -3.49. The van der Waals surface area contributed by atoms with E-state index in [1.807, 2.05) is 30.5 Å². The molecule has 0 atom stereocenters. The average Bonchev–Trinajstić information content (AvgIpc) is 3.13. The molecule has 7 nitrogen and oxygen atoms in total. The van der Waals surface area contributed by atoms with Gasteiger partial charge in [-0.1, -0.05) is 0 Å². The van der Waals surface area contributed by atoms with E-state index < -0.39 is 5.92 Å². The lowest BCUT2D eigenvalue weighted by Crippen LogP contribution is -2.10. The van der Waals surface area contributed by atoms with Gasteiger partial charge in [0.15, 0.2) is 22.8 Å². The molecular weight excluding hydrogens is 376 g/mol. The van der Waals surface area contributed by atoms with E-state index in [2.05, 4.69) is 30.2 Å². The molecule has 4 aromatic rings. The Morgan fingerprint density at radius 1 is 1.03 bits per heavy atom. The van der Waals surface area contributed by atoms with Crippen LogP contribution >= 0.6 is 0 Å². The number of imidazole rings is 1. The zero-order valence-corrected chi connectivity index (χ0v) is 16.1. The van der Waals surface area contributed by atoms with E-state index in [0.717, 1.165) is 12.5 Å². The van der Waals surface area contributed by atoms with Crippen LogP contribution in [-0.2, 0) is 5.92 Å². The molecule has 0 saturated heterocycles. The van der Waals surface area contributed by atoms with E-state index in [1.165, 1.54) is 12.3 Å². The summed E-state index contributed by atoms with van der Waals surface area (Å²) in [6.45, 7) is 4.87. The number of fused-ring (bicyclic) bond motifs is 1. The van der Waals surface area contributed by atoms with Crippen LogP contribution in [0.3, 0.4) is 0 Å². The molecule has 0 radical (unpaired) electrons. The van der Waals surface area contributed by atoms with Crippen LogP contribution < -0.4 is 5.32 Å². The van der Waals surface area contributed by atoms with Gasteiger partial charge in [-0.05, 0) is 38.1 Å². The number of halogens is 2. The van der Waals surface area contributed by atoms with E-state index in [-0.39, 0.29) is 11.7 Å². The minimum absolute atomic E-state index is 0.138. The van der Waals surface area contributed by atoms with Crippen molar-refractivity contribution < 1.29 is 8.78 Å². The second-order valence-electron chi connectivity index (χ2n) is 6.99. The molecule has 0 aliphatic rings. The first-order valence-corrected chi connectivity index (χ1v) is 9.09. The normalized spacial score (nSPS) is 11.9. The highest BCUT2D eigenvalue weighted by Gasteiger charge is 2.26. The molecule has 0 bridgehead atoms. The van der Waals surface area contributed by atoms with E-state index in [0.29, 0.717) is 28.5 Å². The molecular formula is C20H19F2N7. The zero-order valence-electron chi connectivity index (χ0n) is 16.1. The molecule has 29 heavy (non-hydrogen) atoms. The van der Waals surface area contributed by atoms with E-state index in [1.54, 1.807) is 24.8 Å². The Morgan fingerprint density at radius 3 is 2.48 bits per heavy atom. The number of nitrogens with one attached hydrogen (secondary N) is 1. The van der Waals surface area contributed by atoms with Crippen LogP contribution in [0.15, 0.2) is 49.2 Å². The minimum Gasteiger partial charge on any atom is -0.338 e. The van der Waals surface area contributed by atoms with Gasteiger partial charge in [0.25, 0.3) is 5.92 Å². The largest absolute Gasteiger partial charge is 0.338 e. The standard InChI is InChI=1S/C20H19F2N7/c1-12(2)29-11-25-16-18(26-14-6-9-24-15(10-14)20(3,21)22)27-17(28-19(16)29)13-4-7-23-8-5-13/h4-12H,1-3H3,(H,24,26,27,28). The molecule has 4 aromatic heterocycles. The third-order valence-electron chi connectivity index (χ3n) is 4.39. The second-order valence-corrected chi connectivity index (χ2v) is 6.99.